The van der Waals surface area contributed by atoms with Crippen LogP contribution in [0.25, 0.3) is 17.2 Å². The van der Waals surface area contributed by atoms with Crippen molar-refractivity contribution >= 4 is 29.0 Å². The fourth-order valence-electron chi connectivity index (χ4n) is 2.93. The molecule has 0 saturated carbocycles. The van der Waals surface area contributed by atoms with E-state index >= 15 is 0 Å². The molecular weight excluding hydrogens is 380 g/mol. The first kappa shape index (κ1) is 17.5. The first-order valence-electron chi connectivity index (χ1n) is 7.99. The minimum Gasteiger partial charge on any atom is -0.361 e. The van der Waals surface area contributed by atoms with E-state index in [0.717, 1.165) is 4.57 Å². The van der Waals surface area contributed by atoms with Crippen molar-refractivity contribution in [2.75, 3.05) is 16.8 Å². The topological polar surface area (TPSA) is 133 Å². The molecule has 3 aromatic rings. The number of nitrogens with zero attached hydrogens (tertiary/aromatic N) is 4. The van der Waals surface area contributed by atoms with E-state index < -0.39 is 21.4 Å². The molecule has 1 aromatic carbocycles. The molecule has 0 spiro atoms. The van der Waals surface area contributed by atoms with Crippen LogP contribution in [0.2, 0.25) is 0 Å². The van der Waals surface area contributed by atoms with Gasteiger partial charge in [-0.2, -0.15) is 0 Å². The highest BCUT2D eigenvalue weighted by atomic mass is 32.2. The number of sulfone groups is 1. The van der Waals surface area contributed by atoms with Gasteiger partial charge in [-0.05, 0) is 34.9 Å². The van der Waals surface area contributed by atoms with Gasteiger partial charge in [-0.1, -0.05) is 10.6 Å². The molecule has 0 radical (unpaired) electrons. The van der Waals surface area contributed by atoms with Crippen molar-refractivity contribution in [1.29, 1.82) is 0 Å². The normalized spacial score (nSPS) is 18.6. The van der Waals surface area contributed by atoms with E-state index in [4.69, 9.17) is 9.15 Å². The molecule has 1 fully saturated rings. The molecule has 1 unspecified atom stereocenters. The zero-order chi connectivity index (χ0) is 19.2. The largest absolute Gasteiger partial charge is 0.446 e. The number of halogens is 1. The quantitative estimate of drug-likeness (QED) is 0.547. The average molecular weight is 393 g/mol. The minimum absolute atomic E-state index is 0.00406. The average Bonchev–Trinajstić information content (AvgIpc) is 3.29. The van der Waals surface area contributed by atoms with E-state index in [1.807, 2.05) is 0 Å². The summed E-state index contributed by atoms with van der Waals surface area (Å²) in [5, 5.41) is 14.1. The summed E-state index contributed by atoms with van der Waals surface area (Å²) in [6.45, 7) is 0. The Morgan fingerprint density at radius 2 is 2.11 bits per heavy atom. The molecule has 0 amide bonds. The Labute approximate surface area is 152 Å². The Morgan fingerprint density at radius 1 is 1.30 bits per heavy atom. The highest BCUT2D eigenvalue weighted by molar-refractivity contribution is 7.91. The zero-order valence-electron chi connectivity index (χ0n) is 14.0. The molecule has 10 nitrogen and oxygen atoms in total. The monoisotopic (exact) mass is 393 g/mol. The lowest BCUT2D eigenvalue weighted by molar-refractivity contribution is 0.309. The van der Waals surface area contributed by atoms with E-state index in [-0.39, 0.29) is 34.9 Å². The summed E-state index contributed by atoms with van der Waals surface area (Å²) in [5.74, 6) is -1.05. The second-order valence-electron chi connectivity index (χ2n) is 6.25. The van der Waals surface area contributed by atoms with Crippen LogP contribution >= 0.6 is 0 Å². The van der Waals surface area contributed by atoms with Crippen LogP contribution < -0.4 is 16.5 Å². The predicted octanol–water partition coefficient (Wildman–Crippen LogP) is -1.13. The maximum absolute atomic E-state index is 13.5. The van der Waals surface area contributed by atoms with E-state index in [0.29, 0.717) is 17.6 Å². The van der Waals surface area contributed by atoms with Crippen molar-refractivity contribution in [1.82, 2.24) is 20.0 Å². The van der Waals surface area contributed by atoms with Crippen molar-refractivity contribution in [3.05, 3.63) is 34.6 Å². The number of nitrogens with one attached hydrogen (secondary N) is 1. The molecule has 4 rings (SSSR count). The van der Waals surface area contributed by atoms with Crippen LogP contribution in [-0.4, -0.2) is 53.8 Å². The van der Waals surface area contributed by atoms with Gasteiger partial charge in [-0.3, -0.25) is 4.52 Å². The minimum atomic E-state index is -3.10. The van der Waals surface area contributed by atoms with Gasteiger partial charge in [0.15, 0.2) is 15.5 Å². The number of rotatable bonds is 4. The lowest BCUT2D eigenvalue weighted by Crippen LogP contribution is -2.21. The molecule has 1 aliphatic rings. The van der Waals surface area contributed by atoms with Gasteiger partial charge in [0.1, 0.15) is 13.7 Å². The summed E-state index contributed by atoms with van der Waals surface area (Å²) in [6.07, 6.45) is 0.414. The molecule has 27 heavy (non-hydrogen) atoms. The maximum atomic E-state index is 13.5. The second-order valence-corrected chi connectivity index (χ2v) is 8.48. The lowest BCUT2D eigenvalue weighted by Gasteiger charge is -2.10. The molecule has 1 saturated heterocycles. The number of aromatic nitrogens is 4. The molecule has 0 bridgehead atoms. The van der Waals surface area contributed by atoms with Gasteiger partial charge in [-0.25, -0.2) is 26.8 Å². The molecule has 1 aliphatic heterocycles. The van der Waals surface area contributed by atoms with Crippen LogP contribution in [0.4, 0.5) is 10.2 Å². The van der Waals surface area contributed by atoms with Crippen molar-refractivity contribution in [2.45, 2.75) is 12.5 Å². The van der Waals surface area contributed by atoms with Crippen molar-refractivity contribution in [3.63, 3.8) is 0 Å². The summed E-state index contributed by atoms with van der Waals surface area (Å²) in [6, 6.07) is 3.72. The summed E-state index contributed by atoms with van der Waals surface area (Å²) in [5.41, 5.74) is 0.735. The number of hydrogen-bond acceptors (Lipinski definition) is 9. The third-order valence-electron chi connectivity index (χ3n) is 4.28. The van der Waals surface area contributed by atoms with Crippen molar-refractivity contribution < 1.29 is 22.0 Å². The smallest absolute Gasteiger partial charge is 0.361 e. The third kappa shape index (κ3) is 3.25. The maximum Gasteiger partial charge on any atom is 0.446 e. The predicted molar refractivity (Wildman–Crippen MR) is 94.2 cm³/mol. The molecule has 13 heteroatoms. The molecule has 0 aliphatic carbocycles. The van der Waals surface area contributed by atoms with Gasteiger partial charge in [0, 0.05) is 6.04 Å². The Kier molecular flexibility index (Phi) is 4.10. The standard InChI is InChI=1S/C14H13BFN5O5S/c15-9-5-8(1-2-10(9)16)21-13(20-25-14(21)22)11-12(19-26-18-11)17-7-3-4-27(23,24)6-7/h1-2,5,7H,3-4,6,15H2,(H,17,19). The van der Waals surface area contributed by atoms with Crippen molar-refractivity contribution in [2.24, 2.45) is 0 Å². The van der Waals surface area contributed by atoms with Crippen LogP contribution in [-0.2, 0) is 9.84 Å². The van der Waals surface area contributed by atoms with Gasteiger partial charge < -0.3 is 5.32 Å². The number of anilines is 1. The first-order chi connectivity index (χ1) is 12.8. The fraction of sp³-hybridized carbons (Fsp3) is 0.286. The van der Waals surface area contributed by atoms with Crippen molar-refractivity contribution in [3.8, 4) is 17.2 Å². The molecular formula is C14H13BFN5O5S. The Hall–Kier alpha value is -2.96. The Balaban J connectivity index is 1.73. The lowest BCUT2D eigenvalue weighted by atomic mass is 9.95. The van der Waals surface area contributed by atoms with Gasteiger partial charge in [-0.15, -0.1) is 0 Å². The first-order valence-corrected chi connectivity index (χ1v) is 9.81. The fourth-order valence-corrected chi connectivity index (χ4v) is 4.60. The molecule has 1 N–H and O–H groups in total. The van der Waals surface area contributed by atoms with Gasteiger partial charge in [0.2, 0.25) is 11.6 Å². The summed E-state index contributed by atoms with van der Waals surface area (Å²) >= 11 is 0. The van der Waals surface area contributed by atoms with Gasteiger partial charge in [0.25, 0.3) is 0 Å². The number of hydrogen-bond donors (Lipinski definition) is 1. The summed E-state index contributed by atoms with van der Waals surface area (Å²) in [7, 11) is -1.54. The summed E-state index contributed by atoms with van der Waals surface area (Å²) in [4.78, 5) is 12.1. The van der Waals surface area contributed by atoms with Gasteiger partial charge >= 0.3 is 5.76 Å². The molecule has 140 valence electrons. The highest BCUT2D eigenvalue weighted by Crippen LogP contribution is 2.26. The van der Waals surface area contributed by atoms with Crippen LogP contribution in [0.3, 0.4) is 0 Å². The molecule has 3 heterocycles. The second kappa shape index (κ2) is 6.34. The van der Waals surface area contributed by atoms with Crippen LogP contribution in [0, 0.1) is 5.82 Å². The third-order valence-corrected chi connectivity index (χ3v) is 6.05. The van der Waals surface area contributed by atoms with E-state index in [9.17, 15) is 17.6 Å². The summed E-state index contributed by atoms with van der Waals surface area (Å²) < 4.78 is 47.4. The van der Waals surface area contributed by atoms with E-state index in [1.165, 1.54) is 18.2 Å². The zero-order valence-corrected chi connectivity index (χ0v) is 14.9. The number of benzene rings is 1. The van der Waals surface area contributed by atoms with E-state index in [2.05, 4.69) is 20.8 Å². The highest BCUT2D eigenvalue weighted by Gasteiger charge is 2.31. The molecule has 2 aromatic heterocycles. The van der Waals surface area contributed by atoms with Gasteiger partial charge in [0.05, 0.1) is 17.2 Å². The van der Waals surface area contributed by atoms with Crippen LogP contribution in [0.5, 0.6) is 0 Å². The van der Waals surface area contributed by atoms with E-state index in [1.54, 1.807) is 7.85 Å². The van der Waals surface area contributed by atoms with Crippen LogP contribution in [0.15, 0.2) is 32.1 Å². The van der Waals surface area contributed by atoms with Crippen LogP contribution in [0.1, 0.15) is 6.42 Å². The SMILES string of the molecule is Bc1cc(-n2c(-c3nonc3NC3CCS(=O)(=O)C3)noc2=O)ccc1F. The Morgan fingerprint density at radius 3 is 2.81 bits per heavy atom. The Bertz CT molecular complexity index is 1170. The molecule has 1 atom stereocenters.